The lowest BCUT2D eigenvalue weighted by atomic mass is 9.85. The van der Waals surface area contributed by atoms with E-state index in [1.54, 1.807) is 54.6 Å². The van der Waals surface area contributed by atoms with Crippen LogP contribution in [-0.4, -0.2) is 29.8 Å². The fraction of sp³-hybridized carbons (Fsp3) is 0.103. The molecule has 8 nitrogen and oxygen atoms in total. The zero-order chi connectivity index (χ0) is 25.7. The molecular formula is C29H19NO7. The van der Waals surface area contributed by atoms with Crippen molar-refractivity contribution in [3.8, 4) is 11.5 Å². The number of nitrogens with one attached hydrogen (secondary N) is 1. The predicted octanol–water partition coefficient (Wildman–Crippen LogP) is 4.37. The second kappa shape index (κ2) is 8.60. The summed E-state index contributed by atoms with van der Waals surface area (Å²) in [6, 6.07) is 18.8. The molecule has 2 aliphatic heterocycles. The van der Waals surface area contributed by atoms with E-state index >= 15 is 0 Å². The van der Waals surface area contributed by atoms with Gasteiger partial charge in [0.05, 0.1) is 24.7 Å². The Morgan fingerprint density at radius 3 is 2.57 bits per heavy atom. The van der Waals surface area contributed by atoms with Crippen LogP contribution in [0.1, 0.15) is 49.7 Å². The number of aromatic amines is 1. The maximum Gasteiger partial charge on any atom is 0.337 e. The minimum atomic E-state index is -0.661. The Morgan fingerprint density at radius 2 is 1.78 bits per heavy atom. The lowest BCUT2D eigenvalue weighted by Gasteiger charge is -2.26. The normalized spacial score (nSPS) is 17.2. The second-order valence-corrected chi connectivity index (χ2v) is 8.78. The number of ether oxygens (including phenoxy) is 3. The highest BCUT2D eigenvalue weighted by Gasteiger charge is 2.39. The number of Topliss-reactive ketones (excluding diaryl/α,β-unsaturated/α-hetero) is 1. The van der Waals surface area contributed by atoms with Gasteiger partial charge in [0.2, 0.25) is 5.78 Å². The van der Waals surface area contributed by atoms with Gasteiger partial charge in [0, 0.05) is 22.6 Å². The Labute approximate surface area is 210 Å². The van der Waals surface area contributed by atoms with Crippen molar-refractivity contribution in [2.75, 3.05) is 7.11 Å². The van der Waals surface area contributed by atoms with Crippen molar-refractivity contribution >= 4 is 34.7 Å². The zero-order valence-corrected chi connectivity index (χ0v) is 19.6. The number of rotatable bonds is 3. The van der Waals surface area contributed by atoms with Crippen LogP contribution in [0.4, 0.5) is 0 Å². The summed E-state index contributed by atoms with van der Waals surface area (Å²) in [5, 5.41) is 0.818. The summed E-state index contributed by atoms with van der Waals surface area (Å²) in [4.78, 5) is 53.3. The molecule has 0 aliphatic carbocycles. The summed E-state index contributed by atoms with van der Waals surface area (Å²) in [5.74, 6) is -1.33. The molecule has 1 atom stereocenters. The van der Waals surface area contributed by atoms with E-state index < -0.39 is 17.9 Å². The first-order valence-corrected chi connectivity index (χ1v) is 11.5. The molecule has 0 bridgehead atoms. The van der Waals surface area contributed by atoms with Gasteiger partial charge >= 0.3 is 11.9 Å². The molecule has 2 aliphatic rings. The molecule has 1 aromatic heterocycles. The molecule has 0 fully saturated rings. The number of para-hydroxylation sites is 1. The van der Waals surface area contributed by atoms with Crippen LogP contribution < -0.4 is 15.0 Å². The van der Waals surface area contributed by atoms with Crippen LogP contribution >= 0.6 is 0 Å². The van der Waals surface area contributed by atoms with Crippen molar-refractivity contribution < 1.29 is 28.6 Å². The van der Waals surface area contributed by atoms with E-state index in [9.17, 15) is 19.2 Å². The number of methoxy groups -OCH3 is 1. The number of carbonyl (C=O) groups is 3. The molecule has 0 saturated carbocycles. The summed E-state index contributed by atoms with van der Waals surface area (Å²) in [7, 11) is 1.30. The zero-order valence-electron chi connectivity index (χ0n) is 19.6. The van der Waals surface area contributed by atoms with Gasteiger partial charge in [0.15, 0.2) is 5.76 Å². The number of carbonyl (C=O) groups excluding carboxylic acids is 3. The van der Waals surface area contributed by atoms with Gasteiger partial charge in [-0.1, -0.05) is 30.3 Å². The Balaban J connectivity index is 1.43. The molecule has 37 heavy (non-hydrogen) atoms. The number of fused-ring (bicyclic) bond motifs is 4. The Kier molecular flexibility index (Phi) is 5.22. The van der Waals surface area contributed by atoms with Crippen LogP contribution in [0, 0.1) is 0 Å². The average molecular weight is 493 g/mol. The van der Waals surface area contributed by atoms with Crippen molar-refractivity contribution in [3.05, 3.63) is 111 Å². The molecule has 6 rings (SSSR count). The smallest absolute Gasteiger partial charge is 0.337 e. The standard InChI is InChI=1S/C29H19NO7/c1-35-29(34)16-8-6-15(7-9-16)12-23-26(32)18-10-11-22-25(27(18)37-23)19(14-24(31)36-22)20-13-17-4-2-3-5-21(17)30-28(20)33/h2-13,19H,14H2,1H3,(H,30,33). The maximum atomic E-state index is 13.2. The molecule has 3 aromatic carbocycles. The highest BCUT2D eigenvalue weighted by atomic mass is 16.5. The number of allylic oxidation sites excluding steroid dienone is 1. The van der Waals surface area contributed by atoms with Crippen molar-refractivity contribution in [1.82, 2.24) is 4.98 Å². The average Bonchev–Trinajstić information content (AvgIpc) is 3.22. The van der Waals surface area contributed by atoms with Crippen molar-refractivity contribution in [2.24, 2.45) is 0 Å². The van der Waals surface area contributed by atoms with Crippen LogP contribution in [-0.2, 0) is 9.53 Å². The van der Waals surface area contributed by atoms with Gasteiger partial charge in [0.1, 0.15) is 11.5 Å². The molecule has 0 radical (unpaired) electrons. The number of hydrogen-bond acceptors (Lipinski definition) is 7. The van der Waals surface area contributed by atoms with Crippen molar-refractivity contribution in [2.45, 2.75) is 12.3 Å². The van der Waals surface area contributed by atoms with Gasteiger partial charge in [-0.05, 0) is 53.4 Å². The summed E-state index contributed by atoms with van der Waals surface area (Å²) in [5.41, 5.74) is 2.57. The second-order valence-electron chi connectivity index (χ2n) is 8.78. The molecule has 182 valence electrons. The van der Waals surface area contributed by atoms with E-state index in [4.69, 9.17) is 14.2 Å². The summed E-state index contributed by atoms with van der Waals surface area (Å²) in [6.45, 7) is 0. The quantitative estimate of drug-likeness (QED) is 0.256. The van der Waals surface area contributed by atoms with Crippen molar-refractivity contribution in [1.29, 1.82) is 0 Å². The van der Waals surface area contributed by atoms with E-state index in [1.807, 2.05) is 18.2 Å². The van der Waals surface area contributed by atoms with Gasteiger partial charge in [-0.15, -0.1) is 0 Å². The minimum Gasteiger partial charge on any atom is -0.465 e. The molecule has 0 amide bonds. The van der Waals surface area contributed by atoms with Crippen LogP contribution in [0.15, 0.2) is 77.3 Å². The molecule has 3 heterocycles. The maximum absolute atomic E-state index is 13.2. The van der Waals surface area contributed by atoms with Crippen LogP contribution in [0.5, 0.6) is 11.5 Å². The number of aromatic nitrogens is 1. The molecule has 8 heteroatoms. The summed E-state index contributed by atoms with van der Waals surface area (Å²) >= 11 is 0. The number of H-pyrrole nitrogens is 1. The third-order valence-electron chi connectivity index (χ3n) is 6.57. The Morgan fingerprint density at radius 1 is 1.00 bits per heavy atom. The predicted molar refractivity (Wildman–Crippen MR) is 134 cm³/mol. The molecule has 1 unspecified atom stereocenters. The Hall–Kier alpha value is -4.98. The van der Waals surface area contributed by atoms with Gasteiger partial charge < -0.3 is 19.2 Å². The van der Waals surface area contributed by atoms with E-state index in [-0.39, 0.29) is 35.0 Å². The summed E-state index contributed by atoms with van der Waals surface area (Å²) < 4.78 is 16.2. The van der Waals surface area contributed by atoms with Gasteiger partial charge in [-0.2, -0.15) is 0 Å². The largest absolute Gasteiger partial charge is 0.465 e. The molecular weight excluding hydrogens is 474 g/mol. The topological polar surface area (TPSA) is 112 Å². The number of ketones is 1. The summed E-state index contributed by atoms with van der Waals surface area (Å²) in [6.07, 6.45) is 1.50. The number of benzene rings is 3. The van der Waals surface area contributed by atoms with E-state index in [1.165, 1.54) is 7.11 Å². The van der Waals surface area contributed by atoms with Gasteiger partial charge in [-0.25, -0.2) is 4.79 Å². The number of hydrogen-bond donors (Lipinski definition) is 1. The first-order chi connectivity index (χ1) is 17.9. The van der Waals surface area contributed by atoms with E-state index in [2.05, 4.69) is 4.98 Å². The molecule has 0 saturated heterocycles. The highest BCUT2D eigenvalue weighted by molar-refractivity contribution is 6.15. The fourth-order valence-corrected chi connectivity index (χ4v) is 4.78. The molecule has 4 aromatic rings. The highest BCUT2D eigenvalue weighted by Crippen LogP contribution is 2.48. The molecule has 1 N–H and O–H groups in total. The first kappa shape index (κ1) is 22.5. The first-order valence-electron chi connectivity index (χ1n) is 11.5. The third kappa shape index (κ3) is 3.79. The Bertz CT molecular complexity index is 1710. The SMILES string of the molecule is COC(=O)c1ccc(C=C2Oc3c(ccc4c3C(c3cc5ccccc5[nH]c3=O)CC(=O)O4)C2=O)cc1. The van der Waals surface area contributed by atoms with E-state index in [0.717, 1.165) is 5.39 Å². The van der Waals surface area contributed by atoms with Crippen LogP contribution in [0.25, 0.3) is 17.0 Å². The fourth-order valence-electron chi connectivity index (χ4n) is 4.78. The lowest BCUT2D eigenvalue weighted by Crippen LogP contribution is -2.26. The van der Waals surface area contributed by atoms with Crippen LogP contribution in [0.2, 0.25) is 0 Å². The monoisotopic (exact) mass is 493 g/mol. The van der Waals surface area contributed by atoms with Crippen molar-refractivity contribution in [3.63, 3.8) is 0 Å². The minimum absolute atomic E-state index is 0.0730. The number of pyridine rings is 1. The van der Waals surface area contributed by atoms with Crippen LogP contribution in [0.3, 0.4) is 0 Å². The van der Waals surface area contributed by atoms with Gasteiger partial charge in [-0.3, -0.25) is 14.4 Å². The lowest BCUT2D eigenvalue weighted by molar-refractivity contribution is -0.135. The number of esters is 2. The van der Waals surface area contributed by atoms with E-state index in [0.29, 0.717) is 33.3 Å². The molecule has 0 spiro atoms. The third-order valence-corrected chi connectivity index (χ3v) is 6.57. The van der Waals surface area contributed by atoms with Gasteiger partial charge in [0.25, 0.3) is 5.56 Å².